The van der Waals surface area contributed by atoms with Crippen molar-refractivity contribution >= 4 is 22.4 Å². The molecule has 0 bridgehead atoms. The van der Waals surface area contributed by atoms with E-state index in [0.29, 0.717) is 41.3 Å². The number of fused-ring (bicyclic) bond motifs is 1. The summed E-state index contributed by atoms with van der Waals surface area (Å²) in [6, 6.07) is 5.28. The van der Waals surface area contributed by atoms with E-state index in [0.717, 1.165) is 31.1 Å². The van der Waals surface area contributed by atoms with E-state index in [1.165, 1.54) is 11.3 Å². The summed E-state index contributed by atoms with van der Waals surface area (Å²) in [4.78, 5) is 12.5. The zero-order valence-electron chi connectivity index (χ0n) is 13.0. The normalized spacial score (nSPS) is 17.5. The van der Waals surface area contributed by atoms with Gasteiger partial charge in [-0.1, -0.05) is 17.4 Å². The molecule has 4 rings (SSSR count). The van der Waals surface area contributed by atoms with E-state index in [9.17, 15) is 4.79 Å². The van der Waals surface area contributed by atoms with Crippen LogP contribution in [0.3, 0.4) is 0 Å². The van der Waals surface area contributed by atoms with E-state index in [2.05, 4.69) is 15.5 Å². The molecule has 1 amide bonds. The van der Waals surface area contributed by atoms with Crippen molar-refractivity contribution in [2.24, 2.45) is 0 Å². The van der Waals surface area contributed by atoms with Crippen LogP contribution in [0.25, 0.3) is 0 Å². The van der Waals surface area contributed by atoms with Gasteiger partial charge in [0.1, 0.15) is 18.2 Å². The van der Waals surface area contributed by atoms with Crippen LogP contribution in [0.5, 0.6) is 11.5 Å². The lowest BCUT2D eigenvalue weighted by molar-refractivity contribution is 0.0851. The fourth-order valence-electron chi connectivity index (χ4n) is 2.81. The minimum absolute atomic E-state index is 0.271. The molecule has 0 radical (unpaired) electrons. The van der Waals surface area contributed by atoms with Crippen LogP contribution in [0.1, 0.15) is 34.1 Å². The summed E-state index contributed by atoms with van der Waals surface area (Å²) < 4.78 is 16.5. The molecule has 24 heavy (non-hydrogen) atoms. The lowest BCUT2D eigenvalue weighted by atomic mass is 10.0. The highest BCUT2D eigenvalue weighted by molar-refractivity contribution is 7.15. The number of carbonyl (C=O) groups is 1. The van der Waals surface area contributed by atoms with Crippen LogP contribution in [0.4, 0.5) is 5.13 Å². The first-order valence-electron chi connectivity index (χ1n) is 7.92. The number of anilines is 1. The van der Waals surface area contributed by atoms with Gasteiger partial charge in [0.25, 0.3) is 5.91 Å². The van der Waals surface area contributed by atoms with Crippen LogP contribution in [-0.2, 0) is 4.74 Å². The van der Waals surface area contributed by atoms with Gasteiger partial charge in [0.2, 0.25) is 5.13 Å². The van der Waals surface area contributed by atoms with Gasteiger partial charge in [-0.3, -0.25) is 10.1 Å². The molecular formula is C16H17N3O4S. The van der Waals surface area contributed by atoms with Crippen molar-refractivity contribution in [3.63, 3.8) is 0 Å². The van der Waals surface area contributed by atoms with Crippen LogP contribution >= 0.6 is 11.3 Å². The number of ether oxygens (including phenoxy) is 3. The Balaban J connectivity index is 1.49. The molecule has 8 heteroatoms. The SMILES string of the molecule is O=C(Nc1nnc(C2CCOCC2)s1)c1cccc2c1OCCO2. The molecule has 1 fully saturated rings. The van der Waals surface area contributed by atoms with Crippen molar-refractivity contribution < 1.29 is 19.0 Å². The Labute approximate surface area is 142 Å². The number of nitrogens with zero attached hydrogens (tertiary/aromatic N) is 2. The summed E-state index contributed by atoms with van der Waals surface area (Å²) in [6.07, 6.45) is 1.89. The first kappa shape index (κ1) is 15.3. The third-order valence-corrected chi connectivity index (χ3v) is 5.04. The lowest BCUT2D eigenvalue weighted by Crippen LogP contribution is -2.20. The molecule has 0 unspecified atom stereocenters. The minimum Gasteiger partial charge on any atom is -0.486 e. The van der Waals surface area contributed by atoms with Gasteiger partial charge in [-0.25, -0.2) is 0 Å². The Bertz CT molecular complexity index is 743. The minimum atomic E-state index is -0.271. The van der Waals surface area contributed by atoms with Gasteiger partial charge in [-0.05, 0) is 25.0 Å². The maximum Gasteiger partial charge on any atom is 0.261 e. The molecule has 1 aromatic heterocycles. The van der Waals surface area contributed by atoms with Crippen molar-refractivity contribution in [2.45, 2.75) is 18.8 Å². The fourth-order valence-corrected chi connectivity index (χ4v) is 3.72. The van der Waals surface area contributed by atoms with Gasteiger partial charge >= 0.3 is 0 Å². The Kier molecular flexibility index (Phi) is 4.31. The number of hydrogen-bond acceptors (Lipinski definition) is 7. The summed E-state index contributed by atoms with van der Waals surface area (Å²) in [5, 5.41) is 12.6. The average Bonchev–Trinajstić information content (AvgIpc) is 3.10. The van der Waals surface area contributed by atoms with E-state index < -0.39 is 0 Å². The summed E-state index contributed by atoms with van der Waals surface area (Å²) in [5.41, 5.74) is 0.440. The number of rotatable bonds is 3. The summed E-state index contributed by atoms with van der Waals surface area (Å²) in [7, 11) is 0. The molecule has 2 aliphatic heterocycles. The van der Waals surface area contributed by atoms with Crippen LogP contribution in [0.2, 0.25) is 0 Å². The largest absolute Gasteiger partial charge is 0.486 e. The molecule has 7 nitrogen and oxygen atoms in total. The average molecular weight is 347 g/mol. The van der Waals surface area contributed by atoms with Crippen molar-refractivity contribution in [2.75, 3.05) is 31.7 Å². The lowest BCUT2D eigenvalue weighted by Gasteiger charge is -2.20. The Hall–Kier alpha value is -2.19. The third-order valence-electron chi connectivity index (χ3n) is 4.04. The van der Waals surface area contributed by atoms with Gasteiger partial charge in [0.15, 0.2) is 11.5 Å². The number of aromatic nitrogens is 2. The molecule has 1 aromatic carbocycles. The summed E-state index contributed by atoms with van der Waals surface area (Å²) in [5.74, 6) is 1.17. The smallest absolute Gasteiger partial charge is 0.261 e. The second kappa shape index (κ2) is 6.74. The molecule has 2 aliphatic rings. The van der Waals surface area contributed by atoms with Gasteiger partial charge in [-0.15, -0.1) is 10.2 Å². The highest BCUT2D eigenvalue weighted by Gasteiger charge is 2.23. The maximum absolute atomic E-state index is 12.5. The van der Waals surface area contributed by atoms with Crippen molar-refractivity contribution in [3.05, 3.63) is 28.8 Å². The number of para-hydroxylation sites is 1. The zero-order chi connectivity index (χ0) is 16.4. The first-order valence-corrected chi connectivity index (χ1v) is 8.74. The van der Waals surface area contributed by atoms with E-state index in [4.69, 9.17) is 14.2 Å². The summed E-state index contributed by atoms with van der Waals surface area (Å²) >= 11 is 1.42. The number of carbonyl (C=O) groups excluding carboxylic acids is 1. The first-order chi connectivity index (χ1) is 11.8. The quantitative estimate of drug-likeness (QED) is 0.918. The predicted molar refractivity (Wildman–Crippen MR) is 88.1 cm³/mol. The number of hydrogen-bond donors (Lipinski definition) is 1. The Morgan fingerprint density at radius 1 is 1.12 bits per heavy atom. The molecule has 2 aromatic rings. The van der Waals surface area contributed by atoms with Crippen LogP contribution in [0, 0.1) is 0 Å². The molecule has 0 atom stereocenters. The van der Waals surface area contributed by atoms with E-state index in [1.807, 2.05) is 0 Å². The molecule has 0 spiro atoms. The third kappa shape index (κ3) is 3.07. The van der Waals surface area contributed by atoms with Gasteiger partial charge in [0.05, 0.1) is 5.56 Å². The number of amides is 1. The van der Waals surface area contributed by atoms with Crippen LogP contribution in [-0.4, -0.2) is 42.5 Å². The Morgan fingerprint density at radius 2 is 1.96 bits per heavy atom. The zero-order valence-corrected chi connectivity index (χ0v) is 13.8. The maximum atomic E-state index is 12.5. The summed E-state index contributed by atoms with van der Waals surface area (Å²) in [6.45, 7) is 2.42. The van der Waals surface area contributed by atoms with Gasteiger partial charge < -0.3 is 14.2 Å². The van der Waals surface area contributed by atoms with E-state index in [1.54, 1.807) is 18.2 Å². The van der Waals surface area contributed by atoms with Gasteiger partial charge in [-0.2, -0.15) is 0 Å². The second-order valence-electron chi connectivity index (χ2n) is 5.62. The molecule has 1 N–H and O–H groups in total. The van der Waals surface area contributed by atoms with Crippen molar-refractivity contribution in [3.8, 4) is 11.5 Å². The monoisotopic (exact) mass is 347 g/mol. The van der Waals surface area contributed by atoms with Crippen LogP contribution in [0.15, 0.2) is 18.2 Å². The Morgan fingerprint density at radius 3 is 2.83 bits per heavy atom. The molecule has 3 heterocycles. The molecule has 1 saturated heterocycles. The number of benzene rings is 1. The second-order valence-corrected chi connectivity index (χ2v) is 6.63. The number of nitrogens with one attached hydrogen (secondary N) is 1. The molecule has 0 aliphatic carbocycles. The van der Waals surface area contributed by atoms with Crippen molar-refractivity contribution in [1.29, 1.82) is 0 Å². The highest BCUT2D eigenvalue weighted by Crippen LogP contribution is 2.35. The van der Waals surface area contributed by atoms with E-state index >= 15 is 0 Å². The van der Waals surface area contributed by atoms with Crippen LogP contribution < -0.4 is 14.8 Å². The standard InChI is InChI=1S/C16H17N3O4S/c20-14(11-2-1-3-12-13(11)23-9-8-22-12)17-16-19-18-15(24-16)10-4-6-21-7-5-10/h1-3,10H,4-9H2,(H,17,19,20). The predicted octanol–water partition coefficient (Wildman–Crippen LogP) is 2.46. The van der Waals surface area contributed by atoms with Crippen molar-refractivity contribution in [1.82, 2.24) is 10.2 Å². The molecule has 126 valence electrons. The highest BCUT2D eigenvalue weighted by atomic mass is 32.1. The topological polar surface area (TPSA) is 82.6 Å². The van der Waals surface area contributed by atoms with E-state index in [-0.39, 0.29) is 5.91 Å². The fraction of sp³-hybridized carbons (Fsp3) is 0.438. The van der Waals surface area contributed by atoms with Gasteiger partial charge in [0, 0.05) is 19.1 Å². The molecular weight excluding hydrogens is 330 g/mol. The molecule has 0 saturated carbocycles.